The summed E-state index contributed by atoms with van der Waals surface area (Å²) < 4.78 is 26.7. The van der Waals surface area contributed by atoms with Crippen LogP contribution in [-0.2, 0) is 25.5 Å². The van der Waals surface area contributed by atoms with Crippen molar-refractivity contribution in [2.75, 3.05) is 27.3 Å². The van der Waals surface area contributed by atoms with E-state index in [0.29, 0.717) is 19.1 Å². The van der Waals surface area contributed by atoms with Crippen molar-refractivity contribution in [1.29, 1.82) is 0 Å². The summed E-state index contributed by atoms with van der Waals surface area (Å²) in [7, 11) is 3.89. The molecule has 1 saturated carbocycles. The number of nitrogens with zero attached hydrogens (tertiary/aromatic N) is 3. The van der Waals surface area contributed by atoms with E-state index in [-0.39, 0.29) is 47.4 Å². The van der Waals surface area contributed by atoms with Gasteiger partial charge in [0.2, 0.25) is 0 Å². The number of epoxide rings is 2. The van der Waals surface area contributed by atoms with E-state index >= 15 is 0 Å². The van der Waals surface area contributed by atoms with Gasteiger partial charge in [0, 0.05) is 32.1 Å². The Labute approximate surface area is 233 Å². The summed E-state index contributed by atoms with van der Waals surface area (Å²) in [5.74, 6) is 1.02. The number of ether oxygens (including phenoxy) is 4. The molecule has 4 heterocycles. The van der Waals surface area contributed by atoms with Gasteiger partial charge in [-0.2, -0.15) is 0 Å². The minimum Gasteiger partial charge on any atom is -0.443 e. The van der Waals surface area contributed by atoms with Gasteiger partial charge in [0.25, 0.3) is 0 Å². The largest absolute Gasteiger partial charge is 0.443 e. The number of aromatic nitrogens is 2. The summed E-state index contributed by atoms with van der Waals surface area (Å²) in [6.45, 7) is 13.3. The molecule has 1 N–H and O–H groups in total. The third-order valence-electron chi connectivity index (χ3n) is 9.54. The van der Waals surface area contributed by atoms with Crippen LogP contribution < -0.4 is 5.32 Å². The Hall–Kier alpha value is -1.94. The Morgan fingerprint density at radius 3 is 2.72 bits per heavy atom. The lowest BCUT2D eigenvalue weighted by Gasteiger charge is -2.42. The lowest BCUT2D eigenvalue weighted by atomic mass is 9.68. The minimum atomic E-state index is -0.428. The van der Waals surface area contributed by atoms with E-state index in [1.807, 2.05) is 12.4 Å². The zero-order valence-electron chi connectivity index (χ0n) is 24.8. The van der Waals surface area contributed by atoms with Gasteiger partial charge in [0.05, 0.1) is 24.7 Å². The van der Waals surface area contributed by atoms with Crippen LogP contribution >= 0.6 is 0 Å². The van der Waals surface area contributed by atoms with Crippen LogP contribution in [0.2, 0.25) is 0 Å². The number of nitrogens with one attached hydrogen (secondary N) is 1. The Kier molecular flexibility index (Phi) is 8.17. The van der Waals surface area contributed by atoms with Crippen LogP contribution in [0.4, 0.5) is 4.79 Å². The lowest BCUT2D eigenvalue weighted by molar-refractivity contribution is -0.118. The van der Waals surface area contributed by atoms with Gasteiger partial charge in [-0.05, 0) is 72.4 Å². The molecule has 9 nitrogen and oxygen atoms in total. The molecule has 0 unspecified atom stereocenters. The summed E-state index contributed by atoms with van der Waals surface area (Å²) in [6.07, 6.45) is 9.89. The van der Waals surface area contributed by atoms with Crippen LogP contribution in [0.5, 0.6) is 0 Å². The lowest BCUT2D eigenvalue weighted by Crippen LogP contribution is -2.56. The molecule has 3 aliphatic heterocycles. The van der Waals surface area contributed by atoms with E-state index in [2.05, 4.69) is 67.5 Å². The number of likely N-dealkylation sites (N-methyl/N-ethyl adjacent to an activating group) is 1. The minimum absolute atomic E-state index is 0.000285. The maximum absolute atomic E-state index is 13.4. The monoisotopic (exact) mass is 544 g/mol. The molecule has 0 bridgehead atoms. The van der Waals surface area contributed by atoms with Crippen LogP contribution in [0.15, 0.2) is 24.0 Å². The molecule has 39 heavy (non-hydrogen) atoms. The molecule has 5 rings (SSSR count). The number of methoxy groups -OCH3 is 1. The third-order valence-corrected chi connectivity index (χ3v) is 9.54. The van der Waals surface area contributed by atoms with Crippen LogP contribution in [-0.4, -0.2) is 83.4 Å². The van der Waals surface area contributed by atoms with Gasteiger partial charge < -0.3 is 33.7 Å². The van der Waals surface area contributed by atoms with E-state index < -0.39 is 6.09 Å². The molecule has 3 saturated heterocycles. The fraction of sp³-hybridized carbons (Fsp3) is 0.800. The number of carbonyl (C=O) groups is 1. The second-order valence-corrected chi connectivity index (χ2v) is 12.9. The SMILES string of the molecule is CO[C@@H]1[C@H](OC(=O)N[C@H](c2nccn2C[C@@H]2CCCN2C)C(C)C)CC[C@]2(CO2)[C@H]1[C@@]1(C)O[C@@H]1CC=C(C)C. The zero-order valence-corrected chi connectivity index (χ0v) is 24.8. The average molecular weight is 545 g/mol. The molecule has 8 atom stereocenters. The predicted molar refractivity (Wildman–Crippen MR) is 148 cm³/mol. The van der Waals surface area contributed by atoms with Crippen LogP contribution in [0, 0.1) is 11.8 Å². The van der Waals surface area contributed by atoms with Gasteiger partial charge in [-0.1, -0.05) is 25.5 Å². The van der Waals surface area contributed by atoms with E-state index in [0.717, 1.165) is 31.8 Å². The Morgan fingerprint density at radius 2 is 2.10 bits per heavy atom. The highest BCUT2D eigenvalue weighted by Crippen LogP contribution is 2.59. The van der Waals surface area contributed by atoms with Crippen molar-refractivity contribution in [1.82, 2.24) is 19.8 Å². The smallest absolute Gasteiger partial charge is 0.408 e. The fourth-order valence-electron chi connectivity index (χ4n) is 7.09. The molecule has 1 spiro atoms. The molecule has 1 aromatic rings. The number of hydrogen-bond acceptors (Lipinski definition) is 7. The maximum atomic E-state index is 13.4. The highest BCUT2D eigenvalue weighted by atomic mass is 16.6. The summed E-state index contributed by atoms with van der Waals surface area (Å²) in [5, 5.41) is 3.15. The van der Waals surface area contributed by atoms with E-state index in [9.17, 15) is 4.79 Å². The van der Waals surface area contributed by atoms with Crippen molar-refractivity contribution in [3.63, 3.8) is 0 Å². The van der Waals surface area contributed by atoms with Gasteiger partial charge in [0.15, 0.2) is 0 Å². The first-order valence-corrected chi connectivity index (χ1v) is 14.7. The molecule has 9 heteroatoms. The molecule has 218 valence electrons. The maximum Gasteiger partial charge on any atom is 0.408 e. The average Bonchev–Trinajstić information content (AvgIpc) is 3.67. The van der Waals surface area contributed by atoms with Gasteiger partial charge in [-0.15, -0.1) is 0 Å². The summed E-state index contributed by atoms with van der Waals surface area (Å²) in [4.78, 5) is 20.5. The molecule has 0 radical (unpaired) electrons. The summed E-state index contributed by atoms with van der Waals surface area (Å²) in [5.41, 5.74) is 0.676. The Morgan fingerprint density at radius 1 is 1.33 bits per heavy atom. The van der Waals surface area contributed by atoms with Gasteiger partial charge >= 0.3 is 6.09 Å². The molecule has 1 aromatic heterocycles. The molecule has 4 fully saturated rings. The number of alkyl carbamates (subject to hydrolysis) is 1. The molecular weight excluding hydrogens is 496 g/mol. The number of carbonyl (C=O) groups excluding carboxylic acids is 1. The van der Waals surface area contributed by atoms with Crippen LogP contribution in [0.1, 0.15) is 78.6 Å². The third kappa shape index (κ3) is 5.78. The number of rotatable bonds is 10. The van der Waals surface area contributed by atoms with Crippen LogP contribution in [0.25, 0.3) is 0 Å². The molecule has 4 aliphatic rings. The highest BCUT2D eigenvalue weighted by molar-refractivity contribution is 5.68. The normalized spacial score (nSPS) is 36.7. The predicted octanol–water partition coefficient (Wildman–Crippen LogP) is 4.48. The summed E-state index contributed by atoms with van der Waals surface area (Å²) >= 11 is 0. The summed E-state index contributed by atoms with van der Waals surface area (Å²) in [6, 6.07) is 0.235. The van der Waals surface area contributed by atoms with Gasteiger partial charge in [0.1, 0.15) is 29.2 Å². The van der Waals surface area contributed by atoms with E-state index in [1.165, 1.54) is 18.4 Å². The zero-order chi connectivity index (χ0) is 27.9. The van der Waals surface area contributed by atoms with Crippen molar-refractivity contribution < 1.29 is 23.7 Å². The second-order valence-electron chi connectivity index (χ2n) is 12.9. The standard InChI is InChI=1S/C30H48N4O5/c1-19(2)10-11-23-29(5,39-23)26-25(36-7)22(12-13-30(26)18-37-30)38-28(35)32-24(20(3)4)27-31-14-16-34(27)17-21-9-8-15-33(21)6/h10,14,16,20-26H,8-9,11-13,15,17-18H2,1-7H3,(H,32,35)/t21-,22+,23+,24-,25+,26+,29-,30-/m0/s1. The van der Waals surface area contributed by atoms with Gasteiger partial charge in [-0.3, -0.25) is 0 Å². The Bertz CT molecular complexity index is 1050. The number of allylic oxidation sites excluding steroid dienone is 1. The number of hydrogen-bond donors (Lipinski definition) is 1. The van der Waals surface area contributed by atoms with Crippen molar-refractivity contribution in [2.45, 2.75) is 115 Å². The number of imidazole rings is 1. The van der Waals surface area contributed by atoms with E-state index in [4.69, 9.17) is 18.9 Å². The van der Waals surface area contributed by atoms with E-state index in [1.54, 1.807) is 7.11 Å². The molecule has 1 amide bonds. The molecular formula is C30H48N4O5. The van der Waals surface area contributed by atoms with Crippen molar-refractivity contribution >= 4 is 6.09 Å². The van der Waals surface area contributed by atoms with Crippen LogP contribution in [0.3, 0.4) is 0 Å². The fourth-order valence-corrected chi connectivity index (χ4v) is 7.09. The first kappa shape index (κ1) is 28.6. The van der Waals surface area contributed by atoms with Crippen molar-refractivity contribution in [3.8, 4) is 0 Å². The second kappa shape index (κ2) is 11.1. The molecule has 0 aromatic carbocycles. The van der Waals surface area contributed by atoms with Crippen molar-refractivity contribution in [3.05, 3.63) is 29.9 Å². The number of amides is 1. The Balaban J connectivity index is 1.27. The topological polar surface area (TPSA) is 93.7 Å². The first-order valence-electron chi connectivity index (χ1n) is 14.7. The highest BCUT2D eigenvalue weighted by Gasteiger charge is 2.72. The first-order chi connectivity index (χ1) is 18.6. The molecule has 1 aliphatic carbocycles. The van der Waals surface area contributed by atoms with Gasteiger partial charge in [-0.25, -0.2) is 9.78 Å². The number of likely N-dealkylation sites (tertiary alicyclic amines) is 1. The quantitative estimate of drug-likeness (QED) is 0.343. The van der Waals surface area contributed by atoms with Crippen molar-refractivity contribution in [2.24, 2.45) is 11.8 Å².